The van der Waals surface area contributed by atoms with Gasteiger partial charge in [-0.1, -0.05) is 0 Å². The van der Waals surface area contributed by atoms with Gasteiger partial charge in [-0.2, -0.15) is 13.2 Å². The number of nitrogens with zero attached hydrogens (tertiary/aromatic N) is 2. The predicted octanol–water partition coefficient (Wildman–Crippen LogP) is 1.52. The third kappa shape index (κ3) is 2.35. The number of morpholine rings is 1. The minimum Gasteiger partial charge on any atom is -0.326 e. The molecule has 4 nitrogen and oxygen atoms in total. The molecule has 0 aliphatic carbocycles. The lowest BCUT2D eigenvalue weighted by Gasteiger charge is -2.31. The molecule has 1 aromatic heterocycles. The molecule has 0 N–H and O–H groups in total. The zero-order chi connectivity index (χ0) is 11.8. The fourth-order valence-corrected chi connectivity index (χ4v) is 1.99. The summed E-state index contributed by atoms with van der Waals surface area (Å²) in [5, 5.41) is 0. The molecule has 7 heteroatoms. The molecule has 1 aliphatic heterocycles. The van der Waals surface area contributed by atoms with Crippen molar-refractivity contribution in [2.24, 2.45) is 0 Å². The first kappa shape index (κ1) is 11.4. The summed E-state index contributed by atoms with van der Waals surface area (Å²) in [6.45, 7) is 1.12. The van der Waals surface area contributed by atoms with Crippen LogP contribution in [0.25, 0.3) is 0 Å². The molecular formula is C9H10F2N2O2S. The number of amides is 1. The highest BCUT2D eigenvalue weighted by atomic mass is 32.1. The van der Waals surface area contributed by atoms with Crippen LogP contribution in [-0.4, -0.2) is 41.0 Å². The van der Waals surface area contributed by atoms with E-state index in [-0.39, 0.29) is 18.8 Å². The van der Waals surface area contributed by atoms with Crippen LogP contribution in [0.1, 0.15) is 15.4 Å². The molecule has 88 valence electrons. The molecule has 0 saturated carbocycles. The minimum absolute atomic E-state index is 0.151. The lowest BCUT2D eigenvalue weighted by Crippen LogP contribution is -2.49. The van der Waals surface area contributed by atoms with Crippen molar-refractivity contribution < 1.29 is 18.3 Å². The summed E-state index contributed by atoms with van der Waals surface area (Å²) in [5.41, 5.74) is 0.222. The van der Waals surface area contributed by atoms with E-state index in [2.05, 4.69) is 9.11 Å². The van der Waals surface area contributed by atoms with Crippen LogP contribution >= 0.6 is 11.5 Å². The van der Waals surface area contributed by atoms with Gasteiger partial charge in [0.25, 0.3) is 5.91 Å². The van der Waals surface area contributed by atoms with Crippen LogP contribution in [0, 0.1) is 6.92 Å². The Morgan fingerprint density at radius 1 is 1.69 bits per heavy atom. The number of ether oxygens (including phenoxy) is 1. The summed E-state index contributed by atoms with van der Waals surface area (Å²) >= 11 is 1.18. The molecule has 0 atom stereocenters. The van der Waals surface area contributed by atoms with Crippen molar-refractivity contribution in [3.05, 3.63) is 16.6 Å². The standard InChI is InChI=1S/C9H10F2N2O2S/c1-6-4-7(12-16-6)8(14)13-2-3-15-9(10,11)5-13/h4H,2-3,5H2,1H3. The first-order chi connectivity index (χ1) is 7.48. The zero-order valence-electron chi connectivity index (χ0n) is 8.57. The number of hydrogen-bond donors (Lipinski definition) is 0. The van der Waals surface area contributed by atoms with Gasteiger partial charge in [-0.15, -0.1) is 0 Å². The van der Waals surface area contributed by atoms with E-state index in [4.69, 9.17) is 0 Å². The van der Waals surface area contributed by atoms with Gasteiger partial charge in [0.15, 0.2) is 0 Å². The SMILES string of the molecule is Cc1cc(C(=O)N2CCOC(F)(F)C2)ns1. The second-order valence-electron chi connectivity index (χ2n) is 3.54. The van der Waals surface area contributed by atoms with Crippen LogP contribution < -0.4 is 0 Å². The summed E-state index contributed by atoms with van der Waals surface area (Å²) in [4.78, 5) is 13.7. The summed E-state index contributed by atoms with van der Waals surface area (Å²) in [7, 11) is 0. The van der Waals surface area contributed by atoms with Crippen molar-refractivity contribution in [2.45, 2.75) is 13.0 Å². The smallest absolute Gasteiger partial charge is 0.326 e. The number of hydrogen-bond acceptors (Lipinski definition) is 4. The topological polar surface area (TPSA) is 42.4 Å². The normalized spacial score (nSPS) is 19.8. The molecule has 1 aromatic rings. The minimum atomic E-state index is -3.25. The number of aromatic nitrogens is 1. The molecule has 1 fully saturated rings. The zero-order valence-corrected chi connectivity index (χ0v) is 9.39. The third-order valence-electron chi connectivity index (χ3n) is 2.18. The van der Waals surface area contributed by atoms with Gasteiger partial charge in [0.2, 0.25) is 0 Å². The van der Waals surface area contributed by atoms with E-state index in [9.17, 15) is 13.6 Å². The van der Waals surface area contributed by atoms with Crippen molar-refractivity contribution in [2.75, 3.05) is 19.7 Å². The Kier molecular flexibility index (Phi) is 2.90. The van der Waals surface area contributed by atoms with E-state index in [0.717, 1.165) is 9.78 Å². The monoisotopic (exact) mass is 248 g/mol. The van der Waals surface area contributed by atoms with Crippen LogP contribution in [0.4, 0.5) is 8.78 Å². The van der Waals surface area contributed by atoms with E-state index in [0.29, 0.717) is 0 Å². The molecular weight excluding hydrogens is 238 g/mol. The van der Waals surface area contributed by atoms with Gasteiger partial charge < -0.3 is 9.64 Å². The maximum Gasteiger partial charge on any atom is 0.373 e. The van der Waals surface area contributed by atoms with E-state index in [1.54, 1.807) is 6.07 Å². The van der Waals surface area contributed by atoms with E-state index in [1.807, 2.05) is 6.92 Å². The summed E-state index contributed by atoms with van der Waals surface area (Å²) in [5.74, 6) is -0.465. The van der Waals surface area contributed by atoms with Crippen LogP contribution in [0.15, 0.2) is 6.07 Å². The third-order valence-corrected chi connectivity index (χ3v) is 2.88. The average Bonchev–Trinajstić information content (AvgIpc) is 2.62. The number of halogens is 2. The van der Waals surface area contributed by atoms with Gasteiger partial charge in [-0.25, -0.2) is 0 Å². The molecule has 0 bridgehead atoms. The van der Waals surface area contributed by atoms with Crippen LogP contribution in [0.5, 0.6) is 0 Å². The molecule has 1 aliphatic rings. The average molecular weight is 248 g/mol. The highest BCUT2D eigenvalue weighted by molar-refractivity contribution is 7.05. The molecule has 2 heterocycles. The van der Waals surface area contributed by atoms with E-state index in [1.165, 1.54) is 11.5 Å². The Balaban J connectivity index is 2.10. The fraction of sp³-hybridized carbons (Fsp3) is 0.556. The highest BCUT2D eigenvalue weighted by Crippen LogP contribution is 2.22. The van der Waals surface area contributed by atoms with Gasteiger partial charge >= 0.3 is 6.11 Å². The quantitative estimate of drug-likeness (QED) is 0.756. The Hall–Kier alpha value is -1.08. The number of carbonyl (C=O) groups excluding carboxylic acids is 1. The van der Waals surface area contributed by atoms with E-state index >= 15 is 0 Å². The summed E-state index contributed by atoms with van der Waals surface area (Å²) < 4.78 is 33.9. The van der Waals surface area contributed by atoms with Gasteiger partial charge in [-0.05, 0) is 24.5 Å². The van der Waals surface area contributed by atoms with Crippen molar-refractivity contribution in [1.82, 2.24) is 9.27 Å². The number of rotatable bonds is 1. The van der Waals surface area contributed by atoms with Crippen molar-refractivity contribution in [3.8, 4) is 0 Å². The molecule has 1 saturated heterocycles. The Bertz CT molecular complexity index is 408. The van der Waals surface area contributed by atoms with Crippen LogP contribution in [-0.2, 0) is 4.74 Å². The van der Waals surface area contributed by atoms with E-state index < -0.39 is 18.6 Å². The largest absolute Gasteiger partial charge is 0.373 e. The predicted molar refractivity (Wildman–Crippen MR) is 53.7 cm³/mol. The van der Waals surface area contributed by atoms with Gasteiger partial charge in [0.1, 0.15) is 12.2 Å². The second kappa shape index (κ2) is 4.06. The Morgan fingerprint density at radius 3 is 3.00 bits per heavy atom. The first-order valence-corrected chi connectivity index (χ1v) is 5.50. The molecule has 16 heavy (non-hydrogen) atoms. The van der Waals surface area contributed by atoms with Crippen LogP contribution in [0.3, 0.4) is 0 Å². The molecule has 1 amide bonds. The molecule has 2 rings (SSSR count). The van der Waals surface area contributed by atoms with Gasteiger partial charge in [0.05, 0.1) is 6.61 Å². The summed E-state index contributed by atoms with van der Waals surface area (Å²) in [6, 6.07) is 1.60. The van der Waals surface area contributed by atoms with Crippen molar-refractivity contribution in [1.29, 1.82) is 0 Å². The highest BCUT2D eigenvalue weighted by Gasteiger charge is 2.39. The fourth-order valence-electron chi connectivity index (χ4n) is 1.45. The number of alkyl halides is 2. The number of carbonyl (C=O) groups is 1. The first-order valence-electron chi connectivity index (χ1n) is 4.72. The lowest BCUT2D eigenvalue weighted by atomic mass is 10.3. The lowest BCUT2D eigenvalue weighted by molar-refractivity contribution is -0.263. The molecule has 0 radical (unpaired) electrons. The Morgan fingerprint density at radius 2 is 2.44 bits per heavy atom. The molecule has 0 spiro atoms. The maximum atomic E-state index is 12.9. The van der Waals surface area contributed by atoms with Crippen LogP contribution in [0.2, 0.25) is 0 Å². The molecule has 0 aromatic carbocycles. The second-order valence-corrected chi connectivity index (χ2v) is 4.54. The maximum absolute atomic E-state index is 12.9. The van der Waals surface area contributed by atoms with Gasteiger partial charge in [0, 0.05) is 11.4 Å². The van der Waals surface area contributed by atoms with Crippen molar-refractivity contribution in [3.63, 3.8) is 0 Å². The Labute approximate surface area is 95.0 Å². The number of aryl methyl sites for hydroxylation is 1. The van der Waals surface area contributed by atoms with Crippen molar-refractivity contribution >= 4 is 17.4 Å². The molecule has 0 unspecified atom stereocenters. The van der Waals surface area contributed by atoms with Gasteiger partial charge in [-0.3, -0.25) is 4.79 Å². The summed E-state index contributed by atoms with van der Waals surface area (Å²) in [6.07, 6.45) is -3.25.